The van der Waals surface area contributed by atoms with E-state index in [9.17, 15) is 10.5 Å². The van der Waals surface area contributed by atoms with Crippen molar-refractivity contribution in [3.05, 3.63) is 174 Å². The van der Waals surface area contributed by atoms with E-state index in [1.165, 1.54) is 0 Å². The van der Waals surface area contributed by atoms with Gasteiger partial charge in [0.2, 0.25) is 0 Å². The number of para-hydroxylation sites is 4. The highest BCUT2D eigenvalue weighted by Gasteiger charge is 2.21. The third kappa shape index (κ3) is 4.31. The van der Waals surface area contributed by atoms with E-state index < -0.39 is 0 Å². The lowest BCUT2D eigenvalue weighted by Crippen LogP contribution is -1.99. The zero-order valence-electron chi connectivity index (χ0n) is 26.7. The molecule has 0 saturated carbocycles. The Labute approximate surface area is 288 Å². The molecule has 2 heterocycles. The van der Waals surface area contributed by atoms with E-state index in [1.807, 2.05) is 60.7 Å². The van der Waals surface area contributed by atoms with Crippen LogP contribution in [0, 0.1) is 29.2 Å². The molecule has 0 N–H and O–H groups in total. The van der Waals surface area contributed by atoms with Crippen molar-refractivity contribution in [2.45, 2.75) is 0 Å². The molecule has 0 radical (unpaired) electrons. The SMILES string of the molecule is [C-]#[N+]c1cc(C#N)c(-c2cccc(-n3c4ccccc4c4cc(C#N)ccc43)c2)c(-c2ccccc2-n2c3ccccc3c3ccccc32)c1. The zero-order valence-corrected chi connectivity index (χ0v) is 26.7. The Hall–Kier alpha value is -7.39. The summed E-state index contributed by atoms with van der Waals surface area (Å²) in [6, 6.07) is 55.6. The van der Waals surface area contributed by atoms with E-state index in [4.69, 9.17) is 6.57 Å². The van der Waals surface area contributed by atoms with Crippen molar-refractivity contribution in [1.82, 2.24) is 9.13 Å². The quantitative estimate of drug-likeness (QED) is 0.181. The molecule has 0 amide bonds. The van der Waals surface area contributed by atoms with Crippen LogP contribution in [0.5, 0.6) is 0 Å². The molecule has 0 aliphatic carbocycles. The Kier molecular flexibility index (Phi) is 6.56. The number of aromatic nitrogens is 2. The second-order valence-electron chi connectivity index (χ2n) is 12.3. The molecule has 0 unspecified atom stereocenters. The number of hydrogen-bond acceptors (Lipinski definition) is 2. The predicted molar refractivity (Wildman–Crippen MR) is 202 cm³/mol. The predicted octanol–water partition coefficient (Wildman–Crippen LogP) is 11.5. The fourth-order valence-electron chi connectivity index (χ4n) is 7.50. The molecule has 9 rings (SSSR count). The number of hydrogen-bond donors (Lipinski definition) is 0. The Balaban J connectivity index is 1.32. The van der Waals surface area contributed by atoms with Gasteiger partial charge in [0.25, 0.3) is 0 Å². The second-order valence-corrected chi connectivity index (χ2v) is 12.3. The normalized spacial score (nSPS) is 11.1. The van der Waals surface area contributed by atoms with Crippen LogP contribution >= 0.6 is 0 Å². The molecular weight excluding hydrogens is 611 g/mol. The van der Waals surface area contributed by atoms with Gasteiger partial charge in [-0.25, -0.2) is 4.85 Å². The van der Waals surface area contributed by atoms with Crippen LogP contribution in [0.3, 0.4) is 0 Å². The van der Waals surface area contributed by atoms with Crippen molar-refractivity contribution >= 4 is 49.3 Å². The van der Waals surface area contributed by atoms with E-state index >= 15 is 0 Å². The summed E-state index contributed by atoms with van der Waals surface area (Å²) in [4.78, 5) is 3.80. The topological polar surface area (TPSA) is 61.8 Å². The average molecular weight is 636 g/mol. The van der Waals surface area contributed by atoms with Gasteiger partial charge in [0.1, 0.15) is 0 Å². The highest BCUT2D eigenvalue weighted by Crippen LogP contribution is 2.43. The number of nitrogens with zero attached hydrogens (tertiary/aromatic N) is 5. The van der Waals surface area contributed by atoms with E-state index in [2.05, 4.69) is 111 Å². The molecule has 0 aliphatic rings. The van der Waals surface area contributed by atoms with Gasteiger partial charge in [-0.05, 0) is 77.9 Å². The number of rotatable bonds is 4. The standard InChI is InChI=1S/C45H25N5/c1-48-32-24-31(28-47)45(30-11-10-12-33(25-30)49-40-17-6-4-15-36(40)38-23-29(27-46)21-22-44(38)49)39(26-32)37-16-5-9-20-43(37)50-41-18-7-2-13-34(41)35-14-3-8-19-42(35)50/h2-26H. The molecule has 0 atom stereocenters. The van der Waals surface area contributed by atoms with Crippen molar-refractivity contribution < 1.29 is 0 Å². The van der Waals surface area contributed by atoms with Gasteiger partial charge in [-0.2, -0.15) is 10.5 Å². The first-order valence-corrected chi connectivity index (χ1v) is 16.3. The number of nitriles is 2. The zero-order chi connectivity index (χ0) is 33.8. The number of fused-ring (bicyclic) bond motifs is 6. The van der Waals surface area contributed by atoms with Crippen LogP contribution in [0.4, 0.5) is 5.69 Å². The lowest BCUT2D eigenvalue weighted by atomic mass is 9.89. The minimum Gasteiger partial charge on any atom is -0.309 e. The third-order valence-electron chi connectivity index (χ3n) is 9.58. The molecule has 0 spiro atoms. The summed E-state index contributed by atoms with van der Waals surface area (Å²) in [5, 5.41) is 24.6. The highest BCUT2D eigenvalue weighted by atomic mass is 15.0. The summed E-state index contributed by atoms with van der Waals surface area (Å²) < 4.78 is 4.49. The van der Waals surface area contributed by atoms with Gasteiger partial charge in [0.05, 0.1) is 57.6 Å². The fraction of sp³-hybridized carbons (Fsp3) is 0. The summed E-state index contributed by atoms with van der Waals surface area (Å²) in [7, 11) is 0. The maximum absolute atomic E-state index is 10.6. The summed E-state index contributed by atoms with van der Waals surface area (Å²) in [5.41, 5.74) is 10.9. The van der Waals surface area contributed by atoms with Crippen LogP contribution in [0.1, 0.15) is 11.1 Å². The van der Waals surface area contributed by atoms with Crippen molar-refractivity contribution in [3.8, 4) is 45.8 Å². The average Bonchev–Trinajstić information content (AvgIpc) is 3.70. The molecular formula is C45H25N5. The van der Waals surface area contributed by atoms with Crippen molar-refractivity contribution in [3.63, 3.8) is 0 Å². The van der Waals surface area contributed by atoms with E-state index in [0.29, 0.717) is 16.8 Å². The third-order valence-corrected chi connectivity index (χ3v) is 9.58. The smallest absolute Gasteiger partial charge is 0.189 e. The summed E-state index contributed by atoms with van der Waals surface area (Å²) in [5.74, 6) is 0. The number of benzene rings is 7. The van der Waals surface area contributed by atoms with Gasteiger partial charge >= 0.3 is 0 Å². The maximum atomic E-state index is 10.6. The first kappa shape index (κ1) is 28.8. The lowest BCUT2D eigenvalue weighted by Gasteiger charge is -2.19. The van der Waals surface area contributed by atoms with Gasteiger partial charge < -0.3 is 9.13 Å². The second kappa shape index (κ2) is 11.4. The van der Waals surface area contributed by atoms with Crippen LogP contribution in [0.25, 0.3) is 82.1 Å². The molecule has 230 valence electrons. The monoisotopic (exact) mass is 635 g/mol. The summed E-state index contributed by atoms with van der Waals surface area (Å²) >= 11 is 0. The molecule has 9 aromatic rings. The molecule has 5 heteroatoms. The van der Waals surface area contributed by atoms with Crippen molar-refractivity contribution in [2.75, 3.05) is 0 Å². The van der Waals surface area contributed by atoms with Gasteiger partial charge in [-0.1, -0.05) is 84.9 Å². The molecule has 2 aromatic heterocycles. The van der Waals surface area contributed by atoms with Crippen molar-refractivity contribution in [2.24, 2.45) is 0 Å². The molecule has 50 heavy (non-hydrogen) atoms. The molecule has 0 bridgehead atoms. The highest BCUT2D eigenvalue weighted by molar-refractivity contribution is 6.11. The summed E-state index contributed by atoms with van der Waals surface area (Å²) in [6.07, 6.45) is 0. The van der Waals surface area contributed by atoms with Gasteiger partial charge in [-0.15, -0.1) is 0 Å². The van der Waals surface area contributed by atoms with Crippen molar-refractivity contribution in [1.29, 1.82) is 10.5 Å². The van der Waals surface area contributed by atoms with Gasteiger partial charge in [0.15, 0.2) is 5.69 Å². The molecule has 7 aromatic carbocycles. The van der Waals surface area contributed by atoms with Crippen LogP contribution < -0.4 is 0 Å². The van der Waals surface area contributed by atoms with Crippen LogP contribution in [-0.4, -0.2) is 9.13 Å². The fourth-order valence-corrected chi connectivity index (χ4v) is 7.50. The van der Waals surface area contributed by atoms with Crippen LogP contribution in [-0.2, 0) is 0 Å². The Morgan fingerprint density at radius 3 is 1.80 bits per heavy atom. The lowest BCUT2D eigenvalue weighted by molar-refractivity contribution is 1.18. The van der Waals surface area contributed by atoms with E-state index in [-0.39, 0.29) is 0 Å². The van der Waals surface area contributed by atoms with E-state index in [1.54, 1.807) is 6.07 Å². The Morgan fingerprint density at radius 2 is 1.12 bits per heavy atom. The van der Waals surface area contributed by atoms with E-state index in [0.717, 1.165) is 77.2 Å². The van der Waals surface area contributed by atoms with Gasteiger partial charge in [0, 0.05) is 38.4 Å². The first-order valence-electron chi connectivity index (χ1n) is 16.3. The summed E-state index contributed by atoms with van der Waals surface area (Å²) in [6.45, 7) is 7.96. The first-order chi connectivity index (χ1) is 24.7. The largest absolute Gasteiger partial charge is 0.309 e. The minimum absolute atomic E-state index is 0.407. The molecule has 0 aliphatic heterocycles. The Morgan fingerprint density at radius 1 is 0.500 bits per heavy atom. The Bertz CT molecular complexity index is 2920. The van der Waals surface area contributed by atoms with Gasteiger partial charge in [-0.3, -0.25) is 0 Å². The minimum atomic E-state index is 0.407. The molecule has 0 fully saturated rings. The van der Waals surface area contributed by atoms with Crippen LogP contribution in [0.15, 0.2) is 152 Å². The maximum Gasteiger partial charge on any atom is 0.189 e. The van der Waals surface area contributed by atoms with Crippen LogP contribution in [0.2, 0.25) is 0 Å². The molecule has 0 saturated heterocycles. The molecule has 5 nitrogen and oxygen atoms in total.